The average Bonchev–Trinajstić information content (AvgIpc) is 2.96. The number of allylic oxidation sites excluding steroid dienone is 1. The van der Waals surface area contributed by atoms with Gasteiger partial charge in [0.25, 0.3) is 0 Å². The lowest BCUT2D eigenvalue weighted by Gasteiger charge is -2.31. The number of rotatable bonds is 9. The van der Waals surface area contributed by atoms with Crippen LogP contribution in [0.1, 0.15) is 24.1 Å². The summed E-state index contributed by atoms with van der Waals surface area (Å²) >= 11 is 0. The highest BCUT2D eigenvalue weighted by Gasteiger charge is 2.21. The number of nitrogens with one attached hydrogen (secondary N) is 2. The second kappa shape index (κ2) is 12.6. The van der Waals surface area contributed by atoms with Crippen molar-refractivity contribution in [2.75, 3.05) is 45.9 Å². The summed E-state index contributed by atoms with van der Waals surface area (Å²) in [6, 6.07) is 8.14. The molecule has 1 aromatic heterocycles. The molecule has 2 aromatic carbocycles. The molecule has 210 valence electrons. The van der Waals surface area contributed by atoms with Crippen molar-refractivity contribution in [1.29, 1.82) is 5.41 Å². The van der Waals surface area contributed by atoms with Crippen molar-refractivity contribution in [1.82, 2.24) is 25.1 Å². The maximum atomic E-state index is 15.2. The summed E-state index contributed by atoms with van der Waals surface area (Å²) < 4.78 is 35.7. The fourth-order valence-electron chi connectivity index (χ4n) is 5.14. The number of hydrogen-bond acceptors (Lipinski definition) is 8. The maximum Gasteiger partial charge on any atom is 0.317 e. The van der Waals surface area contributed by atoms with Gasteiger partial charge in [0.15, 0.2) is 0 Å². The van der Waals surface area contributed by atoms with Crippen molar-refractivity contribution in [3.63, 3.8) is 0 Å². The number of piperidine rings is 1. The monoisotopic (exact) mass is 550 g/mol. The van der Waals surface area contributed by atoms with Crippen molar-refractivity contribution in [2.45, 2.75) is 25.4 Å². The third kappa shape index (κ3) is 6.49. The summed E-state index contributed by atoms with van der Waals surface area (Å²) in [7, 11) is 0. The van der Waals surface area contributed by atoms with Crippen molar-refractivity contribution in [3.8, 4) is 11.1 Å². The smallest absolute Gasteiger partial charge is 0.317 e. The van der Waals surface area contributed by atoms with Crippen LogP contribution in [0.4, 0.5) is 8.78 Å². The number of benzene rings is 2. The number of carboxylic acids is 1. The lowest BCUT2D eigenvalue weighted by molar-refractivity contribution is -0.138. The Balaban J connectivity index is 1.37. The summed E-state index contributed by atoms with van der Waals surface area (Å²) in [5.41, 5.74) is 2.96. The molecule has 3 aromatic rings. The van der Waals surface area contributed by atoms with Crippen LogP contribution in [0.15, 0.2) is 42.7 Å². The van der Waals surface area contributed by atoms with Gasteiger partial charge in [-0.1, -0.05) is 12.1 Å². The van der Waals surface area contributed by atoms with E-state index in [1.165, 1.54) is 18.3 Å². The first-order valence-electron chi connectivity index (χ1n) is 13.4. The molecular weight excluding hydrogens is 518 g/mol. The van der Waals surface area contributed by atoms with E-state index in [1.54, 1.807) is 30.6 Å². The third-order valence-electron chi connectivity index (χ3n) is 7.38. The Labute approximate surface area is 231 Å². The zero-order chi connectivity index (χ0) is 28.1. The minimum atomic E-state index is -0.832. The van der Waals surface area contributed by atoms with Crippen molar-refractivity contribution in [3.05, 3.63) is 65.6 Å². The van der Waals surface area contributed by atoms with E-state index in [2.05, 4.69) is 10.3 Å². The fraction of sp³-hybridized carbons (Fsp3) is 0.379. The zero-order valence-electron chi connectivity index (χ0n) is 22.1. The summed E-state index contributed by atoms with van der Waals surface area (Å²) in [5, 5.41) is 20.3. The first kappa shape index (κ1) is 27.8. The van der Waals surface area contributed by atoms with Gasteiger partial charge in [0.1, 0.15) is 11.6 Å². The fourth-order valence-corrected chi connectivity index (χ4v) is 5.14. The Morgan fingerprint density at radius 2 is 1.85 bits per heavy atom. The topological polar surface area (TPSA) is 115 Å². The minimum Gasteiger partial charge on any atom is -0.480 e. The number of halogens is 2. The molecule has 0 aliphatic carbocycles. The molecule has 2 fully saturated rings. The molecule has 0 spiro atoms. The van der Waals surface area contributed by atoms with Crippen LogP contribution in [0.25, 0.3) is 27.7 Å². The molecule has 0 saturated carbocycles. The van der Waals surface area contributed by atoms with Crippen molar-refractivity contribution < 1.29 is 23.4 Å². The van der Waals surface area contributed by atoms with Gasteiger partial charge in [0.05, 0.1) is 42.7 Å². The highest BCUT2D eigenvalue weighted by molar-refractivity contribution is 6.08. The third-order valence-corrected chi connectivity index (χ3v) is 7.38. The Kier molecular flexibility index (Phi) is 8.73. The maximum absolute atomic E-state index is 15.2. The van der Waals surface area contributed by atoms with E-state index in [4.69, 9.17) is 20.2 Å². The zero-order valence-corrected chi connectivity index (χ0v) is 22.1. The SMILES string of the molecule is N=C/C(=C\NC1CCN(CC(=O)O)CC1)c1cnc2cccc(-c3cc(F)c(CN4CCOCC4)c(F)c3)c2n1. The van der Waals surface area contributed by atoms with E-state index in [0.29, 0.717) is 72.8 Å². The van der Waals surface area contributed by atoms with Gasteiger partial charge in [-0.3, -0.25) is 19.6 Å². The lowest BCUT2D eigenvalue weighted by Crippen LogP contribution is -2.42. The van der Waals surface area contributed by atoms with Gasteiger partial charge in [0.2, 0.25) is 0 Å². The van der Waals surface area contributed by atoms with Crippen molar-refractivity contribution >= 4 is 28.8 Å². The molecule has 0 bridgehead atoms. The van der Waals surface area contributed by atoms with Crippen molar-refractivity contribution in [2.24, 2.45) is 0 Å². The molecule has 3 heterocycles. The average molecular weight is 551 g/mol. The molecule has 2 saturated heterocycles. The Morgan fingerprint density at radius 3 is 2.52 bits per heavy atom. The molecular formula is C29H32F2N6O3. The molecule has 11 heteroatoms. The summed E-state index contributed by atoms with van der Waals surface area (Å²) in [6.45, 7) is 3.92. The number of ether oxygens (including phenoxy) is 1. The Morgan fingerprint density at radius 1 is 1.12 bits per heavy atom. The molecule has 40 heavy (non-hydrogen) atoms. The molecule has 9 nitrogen and oxygen atoms in total. The predicted octanol–water partition coefficient (Wildman–Crippen LogP) is 3.54. The first-order chi connectivity index (χ1) is 19.4. The molecule has 0 amide bonds. The molecule has 0 unspecified atom stereocenters. The van der Waals surface area contributed by atoms with Crippen LogP contribution in [-0.2, 0) is 16.1 Å². The second-order valence-corrected chi connectivity index (χ2v) is 10.1. The normalized spacial score (nSPS) is 17.7. The number of fused-ring (bicyclic) bond motifs is 1. The quantitative estimate of drug-likeness (QED) is 0.347. The van der Waals surface area contributed by atoms with Crippen LogP contribution in [-0.4, -0.2) is 89.0 Å². The largest absolute Gasteiger partial charge is 0.480 e. The van der Waals surface area contributed by atoms with Crippen LogP contribution in [0.2, 0.25) is 0 Å². The predicted molar refractivity (Wildman–Crippen MR) is 148 cm³/mol. The molecule has 0 radical (unpaired) electrons. The summed E-state index contributed by atoms with van der Waals surface area (Å²) in [4.78, 5) is 24.1. The van der Waals surface area contributed by atoms with E-state index in [0.717, 1.165) is 12.8 Å². The summed E-state index contributed by atoms with van der Waals surface area (Å²) in [5.74, 6) is -2.05. The highest BCUT2D eigenvalue weighted by Crippen LogP contribution is 2.30. The van der Waals surface area contributed by atoms with Crippen LogP contribution in [0.3, 0.4) is 0 Å². The standard InChI is InChI=1S/C29H32F2N6O3/c30-24-12-19(13-25(31)23(24)17-37-8-10-40-11-9-37)22-2-1-3-26-29(22)35-27(16-34-26)20(14-32)15-33-21-4-6-36(7-5-21)18-28(38)39/h1-3,12-16,21,32-33H,4-11,17-18H2,(H,38,39)/b20-15+,32-14?. The molecule has 2 aliphatic heterocycles. The number of morpholine rings is 1. The van der Waals surface area contributed by atoms with E-state index in [9.17, 15) is 4.79 Å². The molecule has 2 aliphatic rings. The van der Waals surface area contributed by atoms with Gasteiger partial charge in [-0.05, 0) is 36.6 Å². The number of likely N-dealkylation sites (tertiary alicyclic amines) is 1. The number of para-hydroxylation sites is 1. The van der Waals surface area contributed by atoms with Gasteiger partial charge < -0.3 is 20.6 Å². The van der Waals surface area contributed by atoms with Gasteiger partial charge in [-0.2, -0.15) is 0 Å². The summed E-state index contributed by atoms with van der Waals surface area (Å²) in [6.07, 6.45) is 6.04. The minimum absolute atomic E-state index is 0.0338. The second-order valence-electron chi connectivity index (χ2n) is 10.1. The number of aliphatic carboxylic acids is 1. The Hall–Kier alpha value is -3.80. The number of carboxylic acid groups (broad SMARTS) is 1. The van der Waals surface area contributed by atoms with E-state index in [1.807, 2.05) is 9.80 Å². The Bertz CT molecular complexity index is 1400. The number of aromatic nitrogens is 2. The van der Waals surface area contributed by atoms with Crippen LogP contribution < -0.4 is 5.32 Å². The van der Waals surface area contributed by atoms with Gasteiger partial charge >= 0.3 is 5.97 Å². The van der Waals surface area contributed by atoms with Crippen LogP contribution >= 0.6 is 0 Å². The van der Waals surface area contributed by atoms with E-state index >= 15 is 8.78 Å². The van der Waals surface area contributed by atoms with Crippen LogP contribution in [0, 0.1) is 17.0 Å². The van der Waals surface area contributed by atoms with Crippen LogP contribution in [0.5, 0.6) is 0 Å². The molecule has 5 rings (SSSR count). The number of hydrogen-bond donors (Lipinski definition) is 3. The van der Waals surface area contributed by atoms with Gasteiger partial charge in [-0.15, -0.1) is 0 Å². The van der Waals surface area contributed by atoms with Gasteiger partial charge in [0, 0.05) is 67.9 Å². The molecule has 0 atom stereocenters. The van der Waals surface area contributed by atoms with Gasteiger partial charge in [-0.25, -0.2) is 13.8 Å². The first-order valence-corrected chi connectivity index (χ1v) is 13.4. The molecule has 3 N–H and O–H groups in total. The van der Waals surface area contributed by atoms with E-state index < -0.39 is 17.6 Å². The highest BCUT2D eigenvalue weighted by atomic mass is 19.1. The lowest BCUT2D eigenvalue weighted by atomic mass is 10.0. The van der Waals surface area contributed by atoms with E-state index in [-0.39, 0.29) is 24.7 Å². The number of nitrogens with zero attached hydrogens (tertiary/aromatic N) is 4. The number of carbonyl (C=O) groups is 1.